The maximum Gasteiger partial charge on any atom is 1.00 e. The maximum absolute atomic E-state index is 11.4. The van der Waals surface area contributed by atoms with E-state index in [1.807, 2.05) is 0 Å². The van der Waals surface area contributed by atoms with Crippen molar-refractivity contribution in [3.63, 3.8) is 0 Å². The SMILES string of the molecule is CCCCC(CCC)OC(=O)CSC(=S)[S-].[Na+]. The first-order valence-electron chi connectivity index (χ1n) is 5.63. The molecule has 0 fully saturated rings. The van der Waals surface area contributed by atoms with Gasteiger partial charge in [0.1, 0.15) is 6.10 Å². The van der Waals surface area contributed by atoms with Gasteiger partial charge in [0.25, 0.3) is 0 Å². The summed E-state index contributed by atoms with van der Waals surface area (Å²) in [5.41, 5.74) is 0. The van der Waals surface area contributed by atoms with E-state index in [0.29, 0.717) is 3.53 Å². The van der Waals surface area contributed by atoms with E-state index in [-0.39, 0.29) is 47.4 Å². The summed E-state index contributed by atoms with van der Waals surface area (Å²) in [6.07, 6.45) is 5.23. The number of hydrogen-bond donors (Lipinski definition) is 0. The van der Waals surface area contributed by atoms with Gasteiger partial charge in [-0.15, -0.1) is 11.8 Å². The average molecular weight is 302 g/mol. The molecule has 0 aliphatic carbocycles. The van der Waals surface area contributed by atoms with Crippen LogP contribution < -0.4 is 29.6 Å². The van der Waals surface area contributed by atoms with Gasteiger partial charge in [-0.05, 0) is 12.8 Å². The number of ether oxygens (including phenoxy) is 1. The molecule has 0 radical (unpaired) electrons. The number of rotatable bonds is 8. The predicted molar refractivity (Wildman–Crippen MR) is 76.7 cm³/mol. The van der Waals surface area contributed by atoms with Crippen molar-refractivity contribution < 1.29 is 39.1 Å². The Kier molecular flexibility index (Phi) is 16.3. The molecule has 0 amide bonds. The van der Waals surface area contributed by atoms with Crippen LogP contribution in [0.1, 0.15) is 46.0 Å². The Morgan fingerprint density at radius 2 is 2.00 bits per heavy atom. The van der Waals surface area contributed by atoms with E-state index < -0.39 is 0 Å². The molecule has 0 aromatic heterocycles. The molecule has 0 bridgehead atoms. The minimum atomic E-state index is -0.202. The van der Waals surface area contributed by atoms with Crippen LogP contribution in [0.4, 0.5) is 0 Å². The Balaban J connectivity index is 0. The Labute approximate surface area is 142 Å². The first-order chi connectivity index (χ1) is 7.60. The zero-order valence-electron chi connectivity index (χ0n) is 10.9. The van der Waals surface area contributed by atoms with Gasteiger partial charge < -0.3 is 29.6 Å². The molecule has 0 aliphatic heterocycles. The zero-order valence-corrected chi connectivity index (χ0v) is 15.3. The number of esters is 1. The van der Waals surface area contributed by atoms with Crippen LogP contribution in [0.5, 0.6) is 0 Å². The van der Waals surface area contributed by atoms with Gasteiger partial charge in [0.05, 0.1) is 5.75 Å². The monoisotopic (exact) mass is 302 g/mol. The van der Waals surface area contributed by atoms with Gasteiger partial charge in [-0.2, -0.15) is 0 Å². The second kappa shape index (κ2) is 13.6. The molecule has 17 heavy (non-hydrogen) atoms. The number of carbonyl (C=O) groups excluding carboxylic acids is 1. The van der Waals surface area contributed by atoms with Crippen LogP contribution in [-0.2, 0) is 22.2 Å². The minimum absolute atomic E-state index is 0. The average Bonchev–Trinajstić information content (AvgIpc) is 2.23. The van der Waals surface area contributed by atoms with Gasteiger partial charge >= 0.3 is 35.5 Å². The summed E-state index contributed by atoms with van der Waals surface area (Å²) in [5, 5.41) is 0. The molecule has 0 aliphatic rings. The third-order valence-electron chi connectivity index (χ3n) is 2.10. The maximum atomic E-state index is 11.4. The molecule has 94 valence electrons. The quantitative estimate of drug-likeness (QED) is 0.281. The molecule has 0 heterocycles. The van der Waals surface area contributed by atoms with Gasteiger partial charge in [-0.1, -0.05) is 36.6 Å². The van der Waals surface area contributed by atoms with Crippen molar-refractivity contribution in [2.45, 2.75) is 52.1 Å². The van der Waals surface area contributed by atoms with E-state index in [1.165, 1.54) is 11.8 Å². The van der Waals surface area contributed by atoms with Crippen LogP contribution in [-0.4, -0.2) is 21.4 Å². The second-order valence-corrected chi connectivity index (χ2v) is 6.16. The van der Waals surface area contributed by atoms with Gasteiger partial charge in [0.2, 0.25) is 0 Å². The Bertz CT molecular complexity index is 225. The van der Waals surface area contributed by atoms with E-state index in [9.17, 15) is 4.79 Å². The van der Waals surface area contributed by atoms with Crippen molar-refractivity contribution in [1.29, 1.82) is 0 Å². The summed E-state index contributed by atoms with van der Waals surface area (Å²) in [6.45, 7) is 4.23. The van der Waals surface area contributed by atoms with Crippen molar-refractivity contribution in [3.8, 4) is 0 Å². The van der Waals surface area contributed by atoms with Crippen LogP contribution >= 0.6 is 24.0 Å². The first-order valence-corrected chi connectivity index (χ1v) is 7.43. The van der Waals surface area contributed by atoms with Crippen molar-refractivity contribution in [2.24, 2.45) is 0 Å². The van der Waals surface area contributed by atoms with E-state index in [0.717, 1.165) is 32.1 Å². The molecule has 0 aromatic carbocycles. The molecule has 6 heteroatoms. The molecule has 0 rings (SSSR count). The first kappa shape index (κ1) is 20.4. The summed E-state index contributed by atoms with van der Waals surface area (Å²) in [6, 6.07) is 0. The van der Waals surface area contributed by atoms with Crippen molar-refractivity contribution in [1.82, 2.24) is 0 Å². The molecule has 2 nitrogen and oxygen atoms in total. The molecule has 1 unspecified atom stereocenters. The fraction of sp³-hybridized carbons (Fsp3) is 0.818. The Morgan fingerprint density at radius 1 is 1.35 bits per heavy atom. The summed E-state index contributed by atoms with van der Waals surface area (Å²) >= 11 is 10.6. The van der Waals surface area contributed by atoms with Crippen LogP contribution in [0.15, 0.2) is 0 Å². The number of unbranched alkanes of at least 4 members (excludes halogenated alkanes) is 1. The Morgan fingerprint density at radius 3 is 2.47 bits per heavy atom. The topological polar surface area (TPSA) is 26.3 Å². The normalized spacial score (nSPS) is 11.4. The van der Waals surface area contributed by atoms with Gasteiger partial charge in [0.15, 0.2) is 0 Å². The van der Waals surface area contributed by atoms with Gasteiger partial charge in [-0.25, -0.2) is 0 Å². The number of carbonyl (C=O) groups is 1. The molecule has 0 spiro atoms. The number of thiocarbonyl (C=S) groups is 1. The summed E-state index contributed by atoms with van der Waals surface area (Å²) in [7, 11) is 0. The van der Waals surface area contributed by atoms with Crippen LogP contribution in [0.3, 0.4) is 0 Å². The van der Waals surface area contributed by atoms with E-state index in [1.54, 1.807) is 0 Å². The molecule has 0 N–H and O–H groups in total. The van der Waals surface area contributed by atoms with Crippen molar-refractivity contribution in [2.75, 3.05) is 5.75 Å². The third kappa shape index (κ3) is 13.4. The van der Waals surface area contributed by atoms with Crippen molar-refractivity contribution >= 4 is 46.1 Å². The van der Waals surface area contributed by atoms with E-state index in [4.69, 9.17) is 29.6 Å². The number of thioether (sulfide) groups is 1. The molecular weight excluding hydrogens is 283 g/mol. The van der Waals surface area contributed by atoms with Gasteiger partial charge in [0, 0.05) is 0 Å². The standard InChI is InChI=1S/C11H20O2S3.Na/c1-3-5-7-9(6-4-2)13-10(12)8-16-11(14)15;/h9H,3-8H2,1-2H3,(H,14,15);/q;+1/p-1. The summed E-state index contributed by atoms with van der Waals surface area (Å²) in [4.78, 5) is 11.4. The van der Waals surface area contributed by atoms with Crippen LogP contribution in [0, 0.1) is 0 Å². The van der Waals surface area contributed by atoms with Crippen molar-refractivity contribution in [3.05, 3.63) is 0 Å². The number of hydrogen-bond acceptors (Lipinski definition) is 5. The summed E-state index contributed by atoms with van der Waals surface area (Å²) in [5.74, 6) is 0.0426. The van der Waals surface area contributed by atoms with Crippen LogP contribution in [0.25, 0.3) is 0 Å². The molecule has 0 saturated carbocycles. The minimum Gasteiger partial charge on any atom is -0.462 e. The second-order valence-electron chi connectivity index (χ2n) is 3.58. The fourth-order valence-electron chi connectivity index (χ4n) is 1.35. The predicted octanol–water partition coefficient (Wildman–Crippen LogP) is 0.458. The van der Waals surface area contributed by atoms with Crippen LogP contribution in [0.2, 0.25) is 0 Å². The summed E-state index contributed by atoms with van der Waals surface area (Å²) < 4.78 is 5.75. The van der Waals surface area contributed by atoms with E-state index >= 15 is 0 Å². The van der Waals surface area contributed by atoms with E-state index in [2.05, 4.69) is 13.8 Å². The molecular formula is C11H19NaO2S3. The third-order valence-corrected chi connectivity index (χ3v) is 3.42. The zero-order chi connectivity index (χ0) is 12.4. The smallest absolute Gasteiger partial charge is 0.462 e. The largest absolute Gasteiger partial charge is 1.00 e. The molecule has 1 atom stereocenters. The fourth-order valence-corrected chi connectivity index (χ4v) is 2.01. The molecule has 0 aromatic rings. The molecule has 0 saturated heterocycles. The van der Waals surface area contributed by atoms with Gasteiger partial charge in [-0.3, -0.25) is 4.79 Å². The Hall–Kier alpha value is 1.13.